The van der Waals surface area contributed by atoms with E-state index in [9.17, 15) is 4.79 Å². The van der Waals surface area contributed by atoms with Crippen molar-refractivity contribution in [3.63, 3.8) is 0 Å². The fraction of sp³-hybridized carbons (Fsp3) is 0.242. The number of carbonyl (C=O) groups excluding carboxylic acids is 1. The molecule has 2 bridgehead atoms. The van der Waals surface area contributed by atoms with E-state index >= 15 is 0 Å². The summed E-state index contributed by atoms with van der Waals surface area (Å²) in [6, 6.07) is 35.8. The van der Waals surface area contributed by atoms with Gasteiger partial charge in [0.2, 0.25) is 0 Å². The molecule has 4 aromatic carbocycles. The van der Waals surface area contributed by atoms with E-state index in [-0.39, 0.29) is 5.91 Å². The highest BCUT2D eigenvalue weighted by atomic mass is 16.1. The molecule has 2 aliphatic carbocycles. The summed E-state index contributed by atoms with van der Waals surface area (Å²) in [5, 5.41) is 7.09. The van der Waals surface area contributed by atoms with Gasteiger partial charge in [0.15, 0.2) is 0 Å². The smallest absolute Gasteiger partial charge is 0.255 e. The van der Waals surface area contributed by atoms with Gasteiger partial charge in [-0.1, -0.05) is 78.9 Å². The summed E-state index contributed by atoms with van der Waals surface area (Å²) in [5.74, 6) is 2.56. The SMILES string of the molecule is O=C(Nc1ccccc1-c1ccccc1)c1ccc2c(c1)C1C3CCC(C3)C1C(c1ccccc1)N2. The van der Waals surface area contributed by atoms with E-state index in [2.05, 4.69) is 71.3 Å². The van der Waals surface area contributed by atoms with Crippen molar-refractivity contribution in [2.45, 2.75) is 31.2 Å². The zero-order valence-corrected chi connectivity index (χ0v) is 20.2. The predicted molar refractivity (Wildman–Crippen MR) is 146 cm³/mol. The molecule has 5 unspecified atom stereocenters. The molecule has 4 aromatic rings. The first-order valence-electron chi connectivity index (χ1n) is 13.2. The molecule has 0 saturated heterocycles. The van der Waals surface area contributed by atoms with E-state index in [0.717, 1.165) is 34.2 Å². The highest BCUT2D eigenvalue weighted by Gasteiger charge is 2.53. The van der Waals surface area contributed by atoms with Crippen molar-refractivity contribution in [1.29, 1.82) is 0 Å². The lowest BCUT2D eigenvalue weighted by Crippen LogP contribution is -2.35. The molecular weight excluding hydrogens is 440 g/mol. The van der Waals surface area contributed by atoms with Crippen LogP contribution in [0, 0.1) is 17.8 Å². The van der Waals surface area contributed by atoms with Crippen LogP contribution in [0.25, 0.3) is 11.1 Å². The van der Waals surface area contributed by atoms with E-state index < -0.39 is 0 Å². The number of fused-ring (bicyclic) bond motifs is 7. The second kappa shape index (κ2) is 8.67. The number of anilines is 2. The Hall–Kier alpha value is -3.85. The molecule has 1 amide bonds. The Labute approximate surface area is 212 Å². The number of hydrogen-bond donors (Lipinski definition) is 2. The van der Waals surface area contributed by atoms with Crippen LogP contribution in [0.1, 0.15) is 52.7 Å². The Bertz CT molecular complexity index is 1410. The quantitative estimate of drug-likeness (QED) is 0.318. The van der Waals surface area contributed by atoms with Gasteiger partial charge >= 0.3 is 0 Å². The number of para-hydroxylation sites is 1. The van der Waals surface area contributed by atoms with Gasteiger partial charge in [-0.25, -0.2) is 0 Å². The maximum absolute atomic E-state index is 13.5. The van der Waals surface area contributed by atoms with Gasteiger partial charge < -0.3 is 10.6 Å². The van der Waals surface area contributed by atoms with Crippen molar-refractivity contribution >= 4 is 17.3 Å². The summed E-state index contributed by atoms with van der Waals surface area (Å²) in [7, 11) is 0. The van der Waals surface area contributed by atoms with Crippen LogP contribution in [0.2, 0.25) is 0 Å². The van der Waals surface area contributed by atoms with Gasteiger partial charge in [0.25, 0.3) is 5.91 Å². The minimum Gasteiger partial charge on any atom is -0.378 e. The van der Waals surface area contributed by atoms with Crippen molar-refractivity contribution < 1.29 is 4.79 Å². The molecule has 5 atom stereocenters. The minimum atomic E-state index is -0.0499. The molecular formula is C33H30N2O. The van der Waals surface area contributed by atoms with Gasteiger partial charge in [-0.15, -0.1) is 0 Å². The molecule has 0 spiro atoms. The van der Waals surface area contributed by atoms with Crippen LogP contribution in [0.4, 0.5) is 11.4 Å². The number of hydrogen-bond acceptors (Lipinski definition) is 2. The average molecular weight is 471 g/mol. The molecule has 0 radical (unpaired) electrons. The van der Waals surface area contributed by atoms with Gasteiger partial charge in [0.1, 0.15) is 0 Å². The normalized spacial score (nSPS) is 25.5. The zero-order chi connectivity index (χ0) is 24.1. The Morgan fingerprint density at radius 1 is 0.778 bits per heavy atom. The molecule has 1 aliphatic heterocycles. The van der Waals surface area contributed by atoms with Crippen molar-refractivity contribution in [3.8, 4) is 11.1 Å². The van der Waals surface area contributed by atoms with Crippen molar-refractivity contribution in [3.05, 3.63) is 120 Å². The molecule has 2 fully saturated rings. The first-order valence-corrected chi connectivity index (χ1v) is 13.2. The summed E-state index contributed by atoms with van der Waals surface area (Å²) >= 11 is 0. The fourth-order valence-corrected chi connectivity index (χ4v) is 7.27. The third-order valence-electron chi connectivity index (χ3n) is 8.77. The summed E-state index contributed by atoms with van der Waals surface area (Å²) in [6.07, 6.45) is 3.97. The summed E-state index contributed by atoms with van der Waals surface area (Å²) in [4.78, 5) is 13.5. The van der Waals surface area contributed by atoms with E-state index in [4.69, 9.17) is 0 Å². The molecule has 178 valence electrons. The van der Waals surface area contributed by atoms with Crippen LogP contribution in [0.15, 0.2) is 103 Å². The van der Waals surface area contributed by atoms with E-state index in [0.29, 0.717) is 17.9 Å². The topological polar surface area (TPSA) is 41.1 Å². The van der Waals surface area contributed by atoms with Crippen LogP contribution in [-0.4, -0.2) is 5.91 Å². The molecule has 0 aromatic heterocycles. The zero-order valence-electron chi connectivity index (χ0n) is 20.2. The molecule has 3 heteroatoms. The van der Waals surface area contributed by atoms with E-state index in [1.54, 1.807) is 0 Å². The maximum atomic E-state index is 13.5. The van der Waals surface area contributed by atoms with Gasteiger partial charge in [-0.2, -0.15) is 0 Å². The van der Waals surface area contributed by atoms with Crippen LogP contribution in [0.3, 0.4) is 0 Å². The number of amides is 1. The summed E-state index contributed by atoms with van der Waals surface area (Å²) in [6.45, 7) is 0. The van der Waals surface area contributed by atoms with Crippen LogP contribution < -0.4 is 10.6 Å². The first-order chi connectivity index (χ1) is 17.8. The second-order valence-electron chi connectivity index (χ2n) is 10.6. The maximum Gasteiger partial charge on any atom is 0.255 e. The third-order valence-corrected chi connectivity index (χ3v) is 8.77. The van der Waals surface area contributed by atoms with Crippen LogP contribution in [0.5, 0.6) is 0 Å². The van der Waals surface area contributed by atoms with Crippen molar-refractivity contribution in [1.82, 2.24) is 0 Å². The lowest BCUT2D eigenvalue weighted by Gasteiger charge is -2.43. The summed E-state index contributed by atoms with van der Waals surface area (Å²) < 4.78 is 0. The average Bonchev–Trinajstić information content (AvgIpc) is 3.57. The molecule has 2 saturated carbocycles. The molecule has 1 heterocycles. The number of carbonyl (C=O) groups is 1. The van der Waals surface area contributed by atoms with Gasteiger partial charge in [0, 0.05) is 22.5 Å². The van der Waals surface area contributed by atoms with Gasteiger partial charge in [-0.05, 0) is 83.9 Å². The summed E-state index contributed by atoms with van der Waals surface area (Å²) in [5.41, 5.74) is 7.61. The third kappa shape index (κ3) is 3.53. The Morgan fingerprint density at radius 2 is 1.50 bits per heavy atom. The lowest BCUT2D eigenvalue weighted by molar-refractivity contribution is 0.102. The van der Waals surface area contributed by atoms with Crippen molar-refractivity contribution in [2.75, 3.05) is 10.6 Å². The Balaban J connectivity index is 1.22. The first kappa shape index (κ1) is 21.4. The van der Waals surface area contributed by atoms with Gasteiger partial charge in [0.05, 0.1) is 6.04 Å². The fourth-order valence-electron chi connectivity index (χ4n) is 7.27. The molecule has 3 aliphatic rings. The highest BCUT2D eigenvalue weighted by molar-refractivity contribution is 6.06. The predicted octanol–water partition coefficient (Wildman–Crippen LogP) is 7.90. The Kier molecular flexibility index (Phi) is 5.16. The monoisotopic (exact) mass is 470 g/mol. The molecule has 2 N–H and O–H groups in total. The van der Waals surface area contributed by atoms with Crippen molar-refractivity contribution in [2.24, 2.45) is 17.8 Å². The largest absolute Gasteiger partial charge is 0.378 e. The number of benzene rings is 4. The molecule has 3 nitrogen and oxygen atoms in total. The Morgan fingerprint density at radius 3 is 2.33 bits per heavy atom. The number of nitrogens with one attached hydrogen (secondary N) is 2. The van der Waals surface area contributed by atoms with E-state index in [1.165, 1.54) is 36.1 Å². The molecule has 36 heavy (non-hydrogen) atoms. The highest BCUT2D eigenvalue weighted by Crippen LogP contribution is 2.63. The molecule has 7 rings (SSSR count). The van der Waals surface area contributed by atoms with E-state index in [1.807, 2.05) is 42.5 Å². The second-order valence-corrected chi connectivity index (χ2v) is 10.6. The lowest BCUT2D eigenvalue weighted by atomic mass is 9.68. The van der Waals surface area contributed by atoms with Crippen LogP contribution >= 0.6 is 0 Å². The van der Waals surface area contributed by atoms with Gasteiger partial charge in [-0.3, -0.25) is 4.79 Å². The standard InChI is InChI=1S/C33H30N2O/c36-33(35-28-14-8-7-13-26(28)21-9-3-1-4-10-21)25-17-18-29-27(20-25)30-23-15-16-24(19-23)31(30)32(34-29)22-11-5-2-6-12-22/h1-14,17-18,20,23-24,30-32,34H,15-16,19H2,(H,35,36). The minimum absolute atomic E-state index is 0.0499. The van der Waals surface area contributed by atoms with Crippen LogP contribution in [-0.2, 0) is 0 Å². The number of rotatable bonds is 4.